The third kappa shape index (κ3) is 4.93. The van der Waals surface area contributed by atoms with E-state index in [9.17, 15) is 13.7 Å². The van der Waals surface area contributed by atoms with Crippen LogP contribution in [0, 0.1) is 0 Å². The Morgan fingerprint density at radius 2 is 1.92 bits per heavy atom. The average Bonchev–Trinajstić information content (AvgIpc) is 2.03. The van der Waals surface area contributed by atoms with Gasteiger partial charge in [-0.05, 0) is 0 Å². The van der Waals surface area contributed by atoms with E-state index >= 15 is 0 Å². The van der Waals surface area contributed by atoms with Crippen LogP contribution in [-0.2, 0) is 31.5 Å². The predicted octanol–water partition coefficient (Wildman–Crippen LogP) is 1.57. The molecule has 0 aromatic rings. The molecule has 0 amide bonds. The van der Waals surface area contributed by atoms with Crippen LogP contribution in [0.2, 0.25) is 0 Å². The van der Waals surface area contributed by atoms with E-state index in [1.54, 1.807) is 0 Å². The van der Waals surface area contributed by atoms with Gasteiger partial charge in [-0.15, -0.1) is 4.67 Å². The van der Waals surface area contributed by atoms with Crippen molar-refractivity contribution in [2.24, 2.45) is 0 Å². The molecular formula is CH5O9P3. The largest absolute Gasteiger partial charge is 0.510 e. The van der Waals surface area contributed by atoms with Crippen molar-refractivity contribution in [3.63, 3.8) is 0 Å². The molecule has 0 fully saturated rings. The smallest absolute Gasteiger partial charge is 0.302 e. The summed E-state index contributed by atoms with van der Waals surface area (Å²) in [6.07, 6.45) is 0. The SMILES string of the molecule is COP(=O)(OO)OP(=O)(O)OP=O. The molecule has 2 atom stereocenters. The Balaban J connectivity index is 4.49. The van der Waals surface area contributed by atoms with Crippen LogP contribution in [-0.4, -0.2) is 17.3 Å². The Bertz CT molecular complexity index is 250. The van der Waals surface area contributed by atoms with Gasteiger partial charge in [0, 0.05) is 7.11 Å². The zero-order valence-electron chi connectivity index (χ0n) is 6.09. The zero-order valence-corrected chi connectivity index (χ0v) is 8.78. The van der Waals surface area contributed by atoms with Crippen LogP contribution < -0.4 is 0 Å². The normalized spacial score (nSPS) is 20.8. The van der Waals surface area contributed by atoms with Crippen molar-refractivity contribution in [3.8, 4) is 0 Å². The summed E-state index contributed by atoms with van der Waals surface area (Å²) in [6.45, 7) is 0. The molecule has 78 valence electrons. The van der Waals surface area contributed by atoms with E-state index in [0.717, 1.165) is 7.11 Å². The molecule has 0 saturated carbocycles. The molecule has 0 aliphatic carbocycles. The van der Waals surface area contributed by atoms with Crippen molar-refractivity contribution in [2.75, 3.05) is 7.11 Å². The fourth-order valence-corrected chi connectivity index (χ4v) is 2.45. The summed E-state index contributed by atoms with van der Waals surface area (Å²) in [6, 6.07) is 0. The van der Waals surface area contributed by atoms with Crippen LogP contribution in [0.25, 0.3) is 0 Å². The van der Waals surface area contributed by atoms with Crippen molar-refractivity contribution >= 4 is 24.3 Å². The first kappa shape index (κ1) is 13.3. The molecule has 2 unspecified atom stereocenters. The molecule has 2 N–H and O–H groups in total. The lowest BCUT2D eigenvalue weighted by molar-refractivity contribution is -0.159. The lowest BCUT2D eigenvalue weighted by Gasteiger charge is -2.12. The monoisotopic (exact) mass is 254 g/mol. The van der Waals surface area contributed by atoms with Crippen LogP contribution in [0.15, 0.2) is 0 Å². The molecule has 0 bridgehead atoms. The summed E-state index contributed by atoms with van der Waals surface area (Å²) < 4.78 is 45.5. The molecular weight excluding hydrogens is 249 g/mol. The van der Waals surface area contributed by atoms with Crippen molar-refractivity contribution in [1.82, 2.24) is 0 Å². The maximum absolute atomic E-state index is 10.8. The summed E-state index contributed by atoms with van der Waals surface area (Å²) in [5.74, 6) is 0. The molecule has 0 radical (unpaired) electrons. The highest BCUT2D eigenvalue weighted by molar-refractivity contribution is 7.63. The minimum atomic E-state index is -4.85. The third-order valence-electron chi connectivity index (χ3n) is 0.663. The highest BCUT2D eigenvalue weighted by atomic mass is 31.3. The second-order valence-corrected chi connectivity index (χ2v) is 5.23. The molecule has 0 heterocycles. The van der Waals surface area contributed by atoms with Crippen molar-refractivity contribution < 1.29 is 41.7 Å². The molecule has 12 heteroatoms. The maximum atomic E-state index is 10.8. The molecule has 0 aliphatic rings. The molecule has 9 nitrogen and oxygen atoms in total. The lowest BCUT2D eigenvalue weighted by Crippen LogP contribution is -1.93. The molecule has 0 aliphatic heterocycles. The van der Waals surface area contributed by atoms with Crippen LogP contribution in [0.1, 0.15) is 0 Å². The summed E-state index contributed by atoms with van der Waals surface area (Å²) in [4.78, 5) is 8.57. The van der Waals surface area contributed by atoms with Gasteiger partial charge in [0.15, 0.2) is 0 Å². The topological polar surface area (TPSA) is 129 Å². The highest BCUT2D eigenvalue weighted by Crippen LogP contribution is 2.63. The van der Waals surface area contributed by atoms with E-state index in [1.165, 1.54) is 0 Å². The second kappa shape index (κ2) is 5.26. The van der Waals surface area contributed by atoms with Crippen LogP contribution in [0.4, 0.5) is 0 Å². The maximum Gasteiger partial charge on any atom is 0.510 e. The summed E-state index contributed by atoms with van der Waals surface area (Å²) in [5.41, 5.74) is 0. The first-order valence-corrected chi connectivity index (χ1v) is 6.12. The molecule has 0 aromatic carbocycles. The molecule has 0 spiro atoms. The zero-order chi connectivity index (χ0) is 10.5. The van der Waals surface area contributed by atoms with Gasteiger partial charge in [-0.1, -0.05) is 0 Å². The number of hydrogen-bond donors (Lipinski definition) is 2. The van der Waals surface area contributed by atoms with Crippen molar-refractivity contribution in [1.29, 1.82) is 0 Å². The van der Waals surface area contributed by atoms with E-state index in [4.69, 9.17) is 10.2 Å². The summed E-state index contributed by atoms with van der Waals surface area (Å²) >= 11 is 0. The van der Waals surface area contributed by atoms with Gasteiger partial charge in [0.25, 0.3) is 0 Å². The van der Waals surface area contributed by atoms with Gasteiger partial charge < -0.3 is 4.89 Å². The van der Waals surface area contributed by atoms with Gasteiger partial charge in [0.1, 0.15) is 0 Å². The van der Waals surface area contributed by atoms with Crippen molar-refractivity contribution in [3.05, 3.63) is 0 Å². The quantitative estimate of drug-likeness (QED) is 0.412. The average molecular weight is 254 g/mol. The van der Waals surface area contributed by atoms with Gasteiger partial charge in [-0.25, -0.2) is 19.0 Å². The Labute approximate surface area is 74.0 Å². The third-order valence-corrected chi connectivity index (χ3v) is 4.03. The second-order valence-electron chi connectivity index (χ2n) is 1.42. The minimum absolute atomic E-state index is 0.784. The van der Waals surface area contributed by atoms with Gasteiger partial charge in [-0.3, -0.25) is 4.52 Å². The summed E-state index contributed by atoms with van der Waals surface area (Å²) in [5, 5.41) is 7.94. The fraction of sp³-hybridized carbons (Fsp3) is 1.00. The molecule has 13 heavy (non-hydrogen) atoms. The molecule has 0 aromatic heterocycles. The number of rotatable bonds is 6. The van der Waals surface area contributed by atoms with E-state index in [0.29, 0.717) is 0 Å². The number of hydrogen-bond acceptors (Lipinski definition) is 8. The predicted molar refractivity (Wildman–Crippen MR) is 37.9 cm³/mol. The summed E-state index contributed by atoms with van der Waals surface area (Å²) in [7, 11) is -9.79. The molecule has 0 rings (SSSR count). The first-order chi connectivity index (χ1) is 5.89. The van der Waals surface area contributed by atoms with Gasteiger partial charge in [-0.2, -0.15) is 8.62 Å². The Hall–Kier alpha value is 0.320. The Morgan fingerprint density at radius 1 is 1.38 bits per heavy atom. The van der Waals surface area contributed by atoms with Gasteiger partial charge in [0.05, 0.1) is 0 Å². The van der Waals surface area contributed by atoms with Crippen LogP contribution >= 0.6 is 24.3 Å². The number of phosphoric acid groups is 2. The van der Waals surface area contributed by atoms with Crippen LogP contribution in [0.5, 0.6) is 0 Å². The Kier molecular flexibility index (Phi) is 5.39. The fourth-order valence-electron chi connectivity index (χ4n) is 0.265. The van der Waals surface area contributed by atoms with E-state index < -0.39 is 24.3 Å². The van der Waals surface area contributed by atoms with E-state index in [2.05, 4.69) is 17.8 Å². The van der Waals surface area contributed by atoms with E-state index in [1.807, 2.05) is 0 Å². The first-order valence-electron chi connectivity index (χ1n) is 2.43. The lowest BCUT2D eigenvalue weighted by atomic mass is 11.8. The van der Waals surface area contributed by atoms with Gasteiger partial charge >= 0.3 is 24.3 Å². The standard InChI is InChI=1S/CH5O9P3/c1-7-13(6,8-2)10-12(4,5)9-11-3/h2H,1H3,(H,4,5). The van der Waals surface area contributed by atoms with Gasteiger partial charge in [0.2, 0.25) is 0 Å². The van der Waals surface area contributed by atoms with Crippen LogP contribution in [0.3, 0.4) is 0 Å². The molecule has 0 saturated heterocycles. The van der Waals surface area contributed by atoms with Crippen molar-refractivity contribution in [2.45, 2.75) is 0 Å². The Morgan fingerprint density at radius 3 is 2.23 bits per heavy atom. The highest BCUT2D eigenvalue weighted by Gasteiger charge is 2.38. The minimum Gasteiger partial charge on any atom is -0.302 e. The van der Waals surface area contributed by atoms with E-state index in [-0.39, 0.29) is 0 Å².